The molecule has 3 heteroatoms. The lowest BCUT2D eigenvalue weighted by Crippen LogP contribution is -2.17. The molecule has 0 bridgehead atoms. The van der Waals surface area contributed by atoms with Gasteiger partial charge in [0.05, 0.1) is 5.60 Å². The number of anilines is 2. The van der Waals surface area contributed by atoms with E-state index in [1.807, 2.05) is 0 Å². The predicted octanol–water partition coefficient (Wildman–Crippen LogP) is 1.08. The predicted molar refractivity (Wildman–Crippen MR) is 50.5 cm³/mol. The molecule has 0 aliphatic heterocycles. The zero-order valence-electron chi connectivity index (χ0n) is 7.33. The van der Waals surface area contributed by atoms with Crippen molar-refractivity contribution in [1.82, 2.24) is 0 Å². The number of hydrogen-bond acceptors (Lipinski definition) is 3. The number of aliphatic hydroxyl groups is 1. The highest BCUT2D eigenvalue weighted by atomic mass is 16.3. The minimum atomic E-state index is -0.931. The zero-order chi connectivity index (χ0) is 9.35. The molecule has 5 N–H and O–H groups in total. The van der Waals surface area contributed by atoms with Crippen LogP contribution in [0.15, 0.2) is 18.2 Å². The SMILES string of the molecule is CC(C)(O)c1cc(N)ccc1N. The summed E-state index contributed by atoms with van der Waals surface area (Å²) in [6.45, 7) is 3.36. The molecular formula is C9H14N2O. The van der Waals surface area contributed by atoms with Gasteiger partial charge in [-0.05, 0) is 32.0 Å². The summed E-state index contributed by atoms with van der Waals surface area (Å²) < 4.78 is 0. The van der Waals surface area contributed by atoms with Crippen molar-refractivity contribution in [2.24, 2.45) is 0 Å². The standard InChI is InChI=1S/C9H14N2O/c1-9(2,12)7-5-6(10)3-4-8(7)11/h3-5,12H,10-11H2,1-2H3. The van der Waals surface area contributed by atoms with E-state index in [-0.39, 0.29) is 0 Å². The molecule has 3 nitrogen and oxygen atoms in total. The molecular weight excluding hydrogens is 152 g/mol. The summed E-state index contributed by atoms with van der Waals surface area (Å²) in [6, 6.07) is 5.10. The highest BCUT2D eigenvalue weighted by Gasteiger charge is 2.18. The van der Waals surface area contributed by atoms with Gasteiger partial charge >= 0.3 is 0 Å². The van der Waals surface area contributed by atoms with Crippen molar-refractivity contribution in [3.05, 3.63) is 23.8 Å². The van der Waals surface area contributed by atoms with E-state index in [9.17, 15) is 5.11 Å². The van der Waals surface area contributed by atoms with Crippen molar-refractivity contribution in [3.8, 4) is 0 Å². The first-order chi connectivity index (χ1) is 5.41. The van der Waals surface area contributed by atoms with E-state index in [4.69, 9.17) is 11.5 Å². The summed E-state index contributed by atoms with van der Waals surface area (Å²) in [6.07, 6.45) is 0. The Kier molecular flexibility index (Phi) is 1.98. The molecule has 1 aromatic rings. The van der Waals surface area contributed by atoms with Gasteiger partial charge in [0.1, 0.15) is 0 Å². The lowest BCUT2D eigenvalue weighted by atomic mass is 9.96. The Morgan fingerprint density at radius 3 is 2.25 bits per heavy atom. The van der Waals surface area contributed by atoms with Crippen LogP contribution in [-0.2, 0) is 5.60 Å². The minimum absolute atomic E-state index is 0.566. The number of hydrogen-bond donors (Lipinski definition) is 3. The zero-order valence-corrected chi connectivity index (χ0v) is 7.33. The largest absolute Gasteiger partial charge is 0.399 e. The molecule has 0 heterocycles. The lowest BCUT2D eigenvalue weighted by molar-refractivity contribution is 0.0794. The van der Waals surface area contributed by atoms with Gasteiger partial charge < -0.3 is 16.6 Å². The van der Waals surface area contributed by atoms with Crippen molar-refractivity contribution in [1.29, 1.82) is 0 Å². The highest BCUT2D eigenvalue weighted by Crippen LogP contribution is 2.27. The molecule has 0 spiro atoms. The van der Waals surface area contributed by atoms with Crippen LogP contribution in [0.25, 0.3) is 0 Å². The fourth-order valence-electron chi connectivity index (χ4n) is 1.10. The molecule has 0 aliphatic carbocycles. The van der Waals surface area contributed by atoms with E-state index in [1.165, 1.54) is 0 Å². The topological polar surface area (TPSA) is 72.3 Å². The first kappa shape index (κ1) is 8.87. The van der Waals surface area contributed by atoms with Crippen LogP contribution in [0.4, 0.5) is 11.4 Å². The summed E-state index contributed by atoms with van der Waals surface area (Å²) >= 11 is 0. The van der Waals surface area contributed by atoms with Gasteiger partial charge in [-0.2, -0.15) is 0 Å². The van der Waals surface area contributed by atoms with E-state index in [0.717, 1.165) is 0 Å². The Morgan fingerprint density at radius 1 is 1.25 bits per heavy atom. The average Bonchev–Trinajstić information content (AvgIpc) is 1.92. The Balaban J connectivity index is 3.23. The highest BCUT2D eigenvalue weighted by molar-refractivity contribution is 5.57. The molecule has 1 aromatic carbocycles. The summed E-state index contributed by atoms with van der Waals surface area (Å²) in [5.74, 6) is 0. The molecule has 0 saturated heterocycles. The van der Waals surface area contributed by atoms with Gasteiger partial charge in [-0.15, -0.1) is 0 Å². The molecule has 0 aliphatic rings. The molecule has 66 valence electrons. The first-order valence-electron chi connectivity index (χ1n) is 3.79. The Labute approximate surface area is 72.0 Å². The molecule has 12 heavy (non-hydrogen) atoms. The maximum atomic E-state index is 9.66. The van der Waals surface area contributed by atoms with E-state index in [0.29, 0.717) is 16.9 Å². The van der Waals surface area contributed by atoms with Crippen LogP contribution in [0.3, 0.4) is 0 Å². The molecule has 0 atom stereocenters. The van der Waals surface area contributed by atoms with Crippen LogP contribution in [-0.4, -0.2) is 5.11 Å². The van der Waals surface area contributed by atoms with Gasteiger partial charge in [0.25, 0.3) is 0 Å². The fourth-order valence-corrected chi connectivity index (χ4v) is 1.10. The van der Waals surface area contributed by atoms with Gasteiger partial charge in [0.2, 0.25) is 0 Å². The maximum absolute atomic E-state index is 9.66. The third kappa shape index (κ3) is 1.68. The van der Waals surface area contributed by atoms with Gasteiger partial charge in [-0.3, -0.25) is 0 Å². The van der Waals surface area contributed by atoms with Crippen molar-refractivity contribution in [2.75, 3.05) is 11.5 Å². The molecule has 0 unspecified atom stereocenters. The van der Waals surface area contributed by atoms with Gasteiger partial charge in [-0.1, -0.05) is 0 Å². The molecule has 0 saturated carbocycles. The lowest BCUT2D eigenvalue weighted by Gasteiger charge is -2.20. The number of rotatable bonds is 1. The van der Waals surface area contributed by atoms with Gasteiger partial charge in [0.15, 0.2) is 0 Å². The molecule has 0 amide bonds. The number of nitrogens with two attached hydrogens (primary N) is 2. The van der Waals surface area contributed by atoms with Crippen LogP contribution in [0, 0.1) is 0 Å². The second-order valence-electron chi connectivity index (χ2n) is 3.41. The Bertz CT molecular complexity index is 289. The van der Waals surface area contributed by atoms with Crippen molar-refractivity contribution >= 4 is 11.4 Å². The molecule has 0 fully saturated rings. The van der Waals surface area contributed by atoms with Crippen LogP contribution in [0.2, 0.25) is 0 Å². The second-order valence-corrected chi connectivity index (χ2v) is 3.41. The van der Waals surface area contributed by atoms with E-state index in [1.54, 1.807) is 32.0 Å². The first-order valence-corrected chi connectivity index (χ1v) is 3.79. The maximum Gasteiger partial charge on any atom is 0.0861 e. The third-order valence-corrected chi connectivity index (χ3v) is 1.74. The molecule has 0 aromatic heterocycles. The van der Waals surface area contributed by atoms with Crippen molar-refractivity contribution in [3.63, 3.8) is 0 Å². The summed E-state index contributed by atoms with van der Waals surface area (Å²) in [4.78, 5) is 0. The van der Waals surface area contributed by atoms with Gasteiger partial charge in [-0.25, -0.2) is 0 Å². The summed E-state index contributed by atoms with van der Waals surface area (Å²) in [5, 5.41) is 9.66. The second kappa shape index (κ2) is 2.68. The van der Waals surface area contributed by atoms with Crippen molar-refractivity contribution in [2.45, 2.75) is 19.4 Å². The van der Waals surface area contributed by atoms with Crippen molar-refractivity contribution < 1.29 is 5.11 Å². The summed E-state index contributed by atoms with van der Waals surface area (Å²) in [7, 11) is 0. The monoisotopic (exact) mass is 166 g/mol. The quantitative estimate of drug-likeness (QED) is 0.546. The summed E-state index contributed by atoms with van der Waals surface area (Å²) in [5.41, 5.74) is 12.1. The van der Waals surface area contributed by atoms with Crippen LogP contribution in [0.5, 0.6) is 0 Å². The molecule has 0 radical (unpaired) electrons. The van der Waals surface area contributed by atoms with Crippen LogP contribution in [0.1, 0.15) is 19.4 Å². The van der Waals surface area contributed by atoms with Crippen LogP contribution < -0.4 is 11.5 Å². The van der Waals surface area contributed by atoms with E-state index < -0.39 is 5.60 Å². The normalized spacial score (nSPS) is 11.6. The smallest absolute Gasteiger partial charge is 0.0861 e. The number of nitrogen functional groups attached to an aromatic ring is 2. The average molecular weight is 166 g/mol. The van der Waals surface area contributed by atoms with E-state index >= 15 is 0 Å². The molecule has 1 rings (SSSR count). The Hall–Kier alpha value is -1.22. The van der Waals surface area contributed by atoms with Crippen LogP contribution >= 0.6 is 0 Å². The van der Waals surface area contributed by atoms with E-state index in [2.05, 4.69) is 0 Å². The fraction of sp³-hybridized carbons (Fsp3) is 0.333. The van der Waals surface area contributed by atoms with Gasteiger partial charge in [0, 0.05) is 16.9 Å². The third-order valence-electron chi connectivity index (χ3n) is 1.74. The Morgan fingerprint density at radius 2 is 1.83 bits per heavy atom. The minimum Gasteiger partial charge on any atom is -0.399 e. The number of benzene rings is 1.